The maximum absolute atomic E-state index is 12.2. The van der Waals surface area contributed by atoms with Crippen LogP contribution < -0.4 is 0 Å². The van der Waals surface area contributed by atoms with Crippen LogP contribution in [0, 0.1) is 5.41 Å². The number of fused-ring (bicyclic) bond motifs is 1. The van der Waals surface area contributed by atoms with Crippen LogP contribution in [-0.4, -0.2) is 15.5 Å². The van der Waals surface area contributed by atoms with E-state index >= 15 is 0 Å². The lowest BCUT2D eigenvalue weighted by Gasteiger charge is -2.29. The van der Waals surface area contributed by atoms with Gasteiger partial charge < -0.3 is 9.67 Å². The van der Waals surface area contributed by atoms with Gasteiger partial charge in [0.15, 0.2) is 5.78 Å². The summed E-state index contributed by atoms with van der Waals surface area (Å²) in [4.78, 5) is 12.2. The van der Waals surface area contributed by atoms with Gasteiger partial charge in [-0.05, 0) is 35.6 Å². The number of carbonyl (C=O) groups excluding carboxylic acids is 1. The molecule has 3 nitrogen and oxygen atoms in total. The van der Waals surface area contributed by atoms with Gasteiger partial charge in [0.2, 0.25) is 0 Å². The molecule has 0 aliphatic heterocycles. The molecule has 1 aromatic heterocycles. The minimum Gasteiger partial charge on any atom is -0.392 e. The van der Waals surface area contributed by atoms with E-state index in [2.05, 4.69) is 18.4 Å². The average Bonchev–Trinajstić information content (AvgIpc) is 2.81. The molecule has 20 heavy (non-hydrogen) atoms. The highest BCUT2D eigenvalue weighted by molar-refractivity contribution is 5.99. The molecule has 0 amide bonds. The predicted octanol–water partition coefficient (Wildman–Crippen LogP) is 3.12. The molecule has 0 atom stereocenters. The van der Waals surface area contributed by atoms with Gasteiger partial charge in [-0.3, -0.25) is 4.79 Å². The minimum absolute atomic E-state index is 0.00871. The van der Waals surface area contributed by atoms with E-state index in [0.29, 0.717) is 6.42 Å². The molecular weight excluding hydrogens is 250 g/mol. The molecule has 0 saturated heterocycles. The zero-order valence-electron chi connectivity index (χ0n) is 11.9. The number of hydrogen-bond acceptors (Lipinski definition) is 2. The Bertz CT molecular complexity index is 667. The Balaban J connectivity index is 2.10. The van der Waals surface area contributed by atoms with Crippen molar-refractivity contribution < 1.29 is 9.90 Å². The first-order valence-electron chi connectivity index (χ1n) is 6.94. The van der Waals surface area contributed by atoms with Crippen molar-refractivity contribution in [3.63, 3.8) is 0 Å². The van der Waals surface area contributed by atoms with E-state index in [1.807, 2.05) is 36.5 Å². The molecule has 1 N–H and O–H groups in total. The van der Waals surface area contributed by atoms with Gasteiger partial charge in [0.25, 0.3) is 0 Å². The third-order valence-electron chi connectivity index (χ3n) is 3.95. The molecule has 1 aliphatic rings. The number of aromatic nitrogens is 1. The minimum atomic E-state index is 0.00871. The van der Waals surface area contributed by atoms with Crippen LogP contribution >= 0.6 is 0 Å². The second-order valence-corrected chi connectivity index (χ2v) is 6.32. The van der Waals surface area contributed by atoms with E-state index in [0.717, 1.165) is 28.9 Å². The molecular formula is C17H19NO2. The monoisotopic (exact) mass is 269 g/mol. The molecule has 0 bridgehead atoms. The molecule has 0 unspecified atom stereocenters. The Hall–Kier alpha value is -1.87. The largest absolute Gasteiger partial charge is 0.392 e. The molecule has 104 valence electrons. The lowest BCUT2D eigenvalue weighted by molar-refractivity contribution is 0.0911. The first kappa shape index (κ1) is 13.1. The summed E-state index contributed by atoms with van der Waals surface area (Å²) >= 11 is 0. The Morgan fingerprint density at radius 2 is 2.05 bits per heavy atom. The summed E-state index contributed by atoms with van der Waals surface area (Å²) in [5.74, 6) is 0.230. The number of hydrogen-bond donors (Lipinski definition) is 1. The lowest BCUT2D eigenvalue weighted by atomic mass is 9.76. The Kier molecular flexibility index (Phi) is 3.02. The SMILES string of the molecule is CC1(C)CC(=O)c2ccn(-c3cccc(CO)c3)c2C1. The smallest absolute Gasteiger partial charge is 0.165 e. The summed E-state index contributed by atoms with van der Waals surface area (Å²) in [5, 5.41) is 9.26. The fraction of sp³-hybridized carbons (Fsp3) is 0.353. The molecule has 0 saturated carbocycles. The van der Waals surface area contributed by atoms with Gasteiger partial charge in [-0.2, -0.15) is 0 Å². The Morgan fingerprint density at radius 3 is 2.80 bits per heavy atom. The summed E-state index contributed by atoms with van der Waals surface area (Å²) in [6.07, 6.45) is 3.46. The van der Waals surface area contributed by atoms with E-state index < -0.39 is 0 Å². The molecule has 1 heterocycles. The highest BCUT2D eigenvalue weighted by atomic mass is 16.3. The summed E-state index contributed by atoms with van der Waals surface area (Å²) in [7, 11) is 0. The van der Waals surface area contributed by atoms with Gasteiger partial charge in [-0.15, -0.1) is 0 Å². The standard InChI is InChI=1S/C17H19NO2/c1-17(2)9-15-14(16(20)10-17)6-7-18(15)13-5-3-4-12(8-13)11-19/h3-8,19H,9-11H2,1-2H3. The second kappa shape index (κ2) is 4.60. The number of carbonyl (C=O) groups is 1. The van der Waals surface area contributed by atoms with E-state index in [1.165, 1.54) is 0 Å². The van der Waals surface area contributed by atoms with Gasteiger partial charge >= 0.3 is 0 Å². The fourth-order valence-electron chi connectivity index (χ4n) is 2.99. The first-order chi connectivity index (χ1) is 9.50. The van der Waals surface area contributed by atoms with Crippen molar-refractivity contribution in [3.05, 3.63) is 53.3 Å². The van der Waals surface area contributed by atoms with Crippen LogP contribution in [0.25, 0.3) is 5.69 Å². The van der Waals surface area contributed by atoms with Crippen LogP contribution in [0.3, 0.4) is 0 Å². The van der Waals surface area contributed by atoms with Gasteiger partial charge in [0.05, 0.1) is 6.61 Å². The number of aliphatic hydroxyl groups excluding tert-OH is 1. The number of nitrogens with zero attached hydrogens (tertiary/aromatic N) is 1. The molecule has 0 fully saturated rings. The first-order valence-corrected chi connectivity index (χ1v) is 6.94. The van der Waals surface area contributed by atoms with E-state index in [1.54, 1.807) is 0 Å². The van der Waals surface area contributed by atoms with Gasteiger partial charge in [-0.1, -0.05) is 26.0 Å². The number of ketones is 1. The average molecular weight is 269 g/mol. The van der Waals surface area contributed by atoms with Gasteiger partial charge in [0.1, 0.15) is 0 Å². The highest BCUT2D eigenvalue weighted by Gasteiger charge is 2.33. The van der Waals surface area contributed by atoms with Crippen molar-refractivity contribution in [2.75, 3.05) is 0 Å². The molecule has 3 heteroatoms. The van der Waals surface area contributed by atoms with Crippen LogP contribution in [0.2, 0.25) is 0 Å². The normalized spacial score (nSPS) is 17.1. The summed E-state index contributed by atoms with van der Waals surface area (Å²) in [6.45, 7) is 4.30. The van der Waals surface area contributed by atoms with Crippen molar-refractivity contribution in [2.24, 2.45) is 5.41 Å². The number of aliphatic hydroxyl groups is 1. The molecule has 2 aromatic rings. The summed E-state index contributed by atoms with van der Waals surface area (Å²) < 4.78 is 2.08. The quantitative estimate of drug-likeness (QED) is 0.910. The maximum Gasteiger partial charge on any atom is 0.165 e. The van der Waals surface area contributed by atoms with Crippen LogP contribution in [0.1, 0.15) is 41.9 Å². The van der Waals surface area contributed by atoms with Crippen LogP contribution in [0.4, 0.5) is 0 Å². The van der Waals surface area contributed by atoms with E-state index in [-0.39, 0.29) is 17.8 Å². The maximum atomic E-state index is 12.2. The topological polar surface area (TPSA) is 42.2 Å². The van der Waals surface area contributed by atoms with Crippen molar-refractivity contribution >= 4 is 5.78 Å². The predicted molar refractivity (Wildman–Crippen MR) is 78.1 cm³/mol. The van der Waals surface area contributed by atoms with Crippen molar-refractivity contribution in [1.82, 2.24) is 4.57 Å². The Morgan fingerprint density at radius 1 is 1.25 bits per heavy atom. The highest BCUT2D eigenvalue weighted by Crippen LogP contribution is 2.36. The molecule has 3 rings (SSSR count). The molecule has 0 spiro atoms. The molecule has 1 aliphatic carbocycles. The zero-order chi connectivity index (χ0) is 14.3. The zero-order valence-corrected chi connectivity index (χ0v) is 11.9. The lowest BCUT2D eigenvalue weighted by Crippen LogP contribution is -2.27. The van der Waals surface area contributed by atoms with Crippen molar-refractivity contribution in [2.45, 2.75) is 33.3 Å². The van der Waals surface area contributed by atoms with Gasteiger partial charge in [0, 0.05) is 29.6 Å². The molecule has 1 aromatic carbocycles. The number of benzene rings is 1. The van der Waals surface area contributed by atoms with Gasteiger partial charge in [-0.25, -0.2) is 0 Å². The number of rotatable bonds is 2. The number of Topliss-reactive ketones (excluding diaryl/α,β-unsaturated/α-hetero) is 1. The van der Waals surface area contributed by atoms with Crippen LogP contribution in [-0.2, 0) is 13.0 Å². The van der Waals surface area contributed by atoms with Crippen molar-refractivity contribution in [3.8, 4) is 5.69 Å². The summed E-state index contributed by atoms with van der Waals surface area (Å²) in [5.41, 5.74) is 3.82. The Labute approximate surface area is 118 Å². The fourth-order valence-corrected chi connectivity index (χ4v) is 2.99. The third-order valence-corrected chi connectivity index (χ3v) is 3.95. The second-order valence-electron chi connectivity index (χ2n) is 6.32. The van der Waals surface area contributed by atoms with Crippen LogP contribution in [0.15, 0.2) is 36.5 Å². The van der Waals surface area contributed by atoms with Crippen molar-refractivity contribution in [1.29, 1.82) is 0 Å². The van der Waals surface area contributed by atoms with E-state index in [4.69, 9.17) is 0 Å². The van der Waals surface area contributed by atoms with E-state index in [9.17, 15) is 9.90 Å². The third kappa shape index (κ3) is 2.18. The summed E-state index contributed by atoms with van der Waals surface area (Å²) in [6, 6.07) is 9.72. The molecule has 0 radical (unpaired) electrons. The van der Waals surface area contributed by atoms with Crippen LogP contribution in [0.5, 0.6) is 0 Å².